The lowest BCUT2D eigenvalue weighted by molar-refractivity contribution is -0.124. The summed E-state index contributed by atoms with van der Waals surface area (Å²) in [5, 5.41) is 2.88. The molecule has 98 valence electrons. The Kier molecular flexibility index (Phi) is 4.04. The Morgan fingerprint density at radius 2 is 2.06 bits per heavy atom. The average molecular weight is 313 g/mol. The predicted octanol–water partition coefficient (Wildman–Crippen LogP) is 2.20. The molecule has 1 aliphatic rings. The van der Waals surface area contributed by atoms with Gasteiger partial charge in [-0.2, -0.15) is 0 Å². The maximum Gasteiger partial charge on any atom is 0.244 e. The van der Waals surface area contributed by atoms with Gasteiger partial charge in [0.05, 0.1) is 0 Å². The van der Waals surface area contributed by atoms with Crippen LogP contribution >= 0.6 is 15.9 Å². The molecule has 3 N–H and O–H groups in total. The van der Waals surface area contributed by atoms with E-state index in [2.05, 4.69) is 21.2 Å². The summed E-state index contributed by atoms with van der Waals surface area (Å²) in [7, 11) is 0. The van der Waals surface area contributed by atoms with E-state index in [1.807, 2.05) is 25.1 Å². The Hall–Kier alpha value is -0.910. The number of carbonyl (C=O) groups is 1. The van der Waals surface area contributed by atoms with Gasteiger partial charge in [-0.05, 0) is 43.5 Å². The fraction of sp³-hybridized carbons (Fsp3) is 0.462. The van der Waals surface area contributed by atoms with Crippen molar-refractivity contribution in [3.05, 3.63) is 28.2 Å². The van der Waals surface area contributed by atoms with Gasteiger partial charge in [-0.25, -0.2) is 0 Å². The van der Waals surface area contributed by atoms with Gasteiger partial charge in [0.15, 0.2) is 0 Å². The van der Waals surface area contributed by atoms with Crippen molar-refractivity contribution in [2.75, 3.05) is 18.5 Å². The number of hydrogen-bond donors (Lipinski definition) is 2. The van der Waals surface area contributed by atoms with Gasteiger partial charge in [0.1, 0.15) is 5.54 Å². The van der Waals surface area contributed by atoms with Crippen molar-refractivity contribution in [1.29, 1.82) is 0 Å². The highest BCUT2D eigenvalue weighted by atomic mass is 79.9. The summed E-state index contributed by atoms with van der Waals surface area (Å²) in [6, 6.07) is 5.78. The van der Waals surface area contributed by atoms with Gasteiger partial charge in [-0.1, -0.05) is 15.9 Å². The number of amides is 1. The van der Waals surface area contributed by atoms with E-state index in [9.17, 15) is 4.79 Å². The zero-order valence-electron chi connectivity index (χ0n) is 10.3. The van der Waals surface area contributed by atoms with Crippen molar-refractivity contribution >= 4 is 27.5 Å². The van der Waals surface area contributed by atoms with E-state index in [0.29, 0.717) is 26.1 Å². The van der Waals surface area contributed by atoms with Crippen LogP contribution in [0.15, 0.2) is 22.7 Å². The zero-order valence-corrected chi connectivity index (χ0v) is 11.9. The lowest BCUT2D eigenvalue weighted by Crippen LogP contribution is -2.54. The van der Waals surface area contributed by atoms with Gasteiger partial charge in [0.2, 0.25) is 5.91 Å². The highest BCUT2D eigenvalue weighted by molar-refractivity contribution is 9.10. The molecule has 0 aliphatic carbocycles. The lowest BCUT2D eigenvalue weighted by atomic mass is 9.90. The summed E-state index contributed by atoms with van der Waals surface area (Å²) in [5.41, 5.74) is 7.16. The standard InChI is InChI=1S/C13H17BrN2O2/c1-9-6-10(14)8-11(7-9)16-12(17)13(15)2-4-18-5-3-13/h6-8H,2-5,15H2,1H3,(H,16,17). The molecule has 0 saturated carbocycles. The van der Waals surface area contributed by atoms with Gasteiger partial charge in [0, 0.05) is 23.4 Å². The number of hydrogen-bond acceptors (Lipinski definition) is 3. The molecule has 1 aromatic rings. The van der Waals surface area contributed by atoms with Crippen molar-refractivity contribution in [3.8, 4) is 0 Å². The topological polar surface area (TPSA) is 64.4 Å². The summed E-state index contributed by atoms with van der Waals surface area (Å²) < 4.78 is 6.18. The van der Waals surface area contributed by atoms with Crippen LogP contribution in [0.2, 0.25) is 0 Å². The molecule has 1 heterocycles. The molecule has 1 aliphatic heterocycles. The summed E-state index contributed by atoms with van der Waals surface area (Å²) in [6.07, 6.45) is 1.12. The van der Waals surface area contributed by atoms with Crippen LogP contribution < -0.4 is 11.1 Å². The predicted molar refractivity (Wildman–Crippen MR) is 74.5 cm³/mol. The molecule has 1 amide bonds. The molecular weight excluding hydrogens is 296 g/mol. The van der Waals surface area contributed by atoms with Crippen molar-refractivity contribution in [1.82, 2.24) is 0 Å². The maximum absolute atomic E-state index is 12.2. The van der Waals surface area contributed by atoms with Gasteiger partial charge >= 0.3 is 0 Å². The summed E-state index contributed by atoms with van der Waals surface area (Å²) >= 11 is 3.41. The van der Waals surface area contributed by atoms with Crippen molar-refractivity contribution < 1.29 is 9.53 Å². The van der Waals surface area contributed by atoms with Gasteiger partial charge in [-0.3, -0.25) is 4.79 Å². The number of anilines is 1. The average Bonchev–Trinajstić information content (AvgIpc) is 2.28. The van der Waals surface area contributed by atoms with Crippen LogP contribution in [-0.4, -0.2) is 24.7 Å². The molecule has 0 bridgehead atoms. The minimum Gasteiger partial charge on any atom is -0.381 e. The van der Waals surface area contributed by atoms with Gasteiger partial charge in [0.25, 0.3) is 0 Å². The Bertz CT molecular complexity index is 436. The van der Waals surface area contributed by atoms with E-state index in [0.717, 1.165) is 15.7 Å². The number of benzene rings is 1. The molecule has 1 aromatic carbocycles. The lowest BCUT2D eigenvalue weighted by Gasteiger charge is -2.31. The zero-order chi connectivity index (χ0) is 13.2. The van der Waals surface area contributed by atoms with Crippen LogP contribution in [0.5, 0.6) is 0 Å². The van der Waals surface area contributed by atoms with Crippen LogP contribution in [0.3, 0.4) is 0 Å². The van der Waals surface area contributed by atoms with Gasteiger partial charge < -0.3 is 15.8 Å². The Labute approximate surface area is 115 Å². The molecule has 0 spiro atoms. The van der Waals surface area contributed by atoms with Crippen molar-refractivity contribution in [3.63, 3.8) is 0 Å². The highest BCUT2D eigenvalue weighted by Gasteiger charge is 2.35. The molecule has 0 unspecified atom stereocenters. The fourth-order valence-corrected chi connectivity index (χ4v) is 2.63. The second kappa shape index (κ2) is 5.38. The van der Waals surface area contributed by atoms with E-state index < -0.39 is 5.54 Å². The van der Waals surface area contributed by atoms with Crippen LogP contribution in [0.1, 0.15) is 18.4 Å². The molecular formula is C13H17BrN2O2. The third-order valence-corrected chi connectivity index (χ3v) is 3.60. The quantitative estimate of drug-likeness (QED) is 0.880. The largest absolute Gasteiger partial charge is 0.381 e. The number of carbonyl (C=O) groups excluding carboxylic acids is 1. The molecule has 0 radical (unpaired) electrons. The second-order valence-corrected chi connectivity index (χ2v) is 5.66. The molecule has 1 saturated heterocycles. The highest BCUT2D eigenvalue weighted by Crippen LogP contribution is 2.23. The first-order valence-electron chi connectivity index (χ1n) is 5.95. The fourth-order valence-electron chi connectivity index (χ4n) is 2.03. The molecule has 18 heavy (non-hydrogen) atoms. The number of ether oxygens (including phenoxy) is 1. The number of halogens is 1. The van der Waals surface area contributed by atoms with E-state index in [4.69, 9.17) is 10.5 Å². The van der Waals surface area contributed by atoms with Gasteiger partial charge in [-0.15, -0.1) is 0 Å². The van der Waals surface area contributed by atoms with E-state index in [1.54, 1.807) is 0 Å². The third-order valence-electron chi connectivity index (χ3n) is 3.14. The number of rotatable bonds is 2. The first-order chi connectivity index (χ1) is 8.49. The number of aryl methyl sites for hydroxylation is 1. The molecule has 1 fully saturated rings. The van der Waals surface area contributed by atoms with Crippen LogP contribution in [0.4, 0.5) is 5.69 Å². The monoisotopic (exact) mass is 312 g/mol. The molecule has 0 atom stereocenters. The summed E-state index contributed by atoms with van der Waals surface area (Å²) in [4.78, 5) is 12.2. The van der Waals surface area contributed by atoms with Crippen molar-refractivity contribution in [2.24, 2.45) is 5.73 Å². The second-order valence-electron chi connectivity index (χ2n) is 4.74. The van der Waals surface area contributed by atoms with Crippen LogP contribution in [-0.2, 0) is 9.53 Å². The Morgan fingerprint density at radius 3 is 2.67 bits per heavy atom. The van der Waals surface area contributed by atoms with Crippen LogP contribution in [0, 0.1) is 6.92 Å². The Balaban J connectivity index is 2.10. The normalized spacial score (nSPS) is 18.4. The first kappa shape index (κ1) is 13.5. The SMILES string of the molecule is Cc1cc(Br)cc(NC(=O)C2(N)CCOCC2)c1. The van der Waals surface area contributed by atoms with Crippen LogP contribution in [0.25, 0.3) is 0 Å². The van der Waals surface area contributed by atoms with Crippen molar-refractivity contribution in [2.45, 2.75) is 25.3 Å². The minimum atomic E-state index is -0.811. The van der Waals surface area contributed by atoms with E-state index in [-0.39, 0.29) is 5.91 Å². The van der Waals surface area contributed by atoms with E-state index in [1.165, 1.54) is 0 Å². The first-order valence-corrected chi connectivity index (χ1v) is 6.74. The molecule has 0 aromatic heterocycles. The smallest absolute Gasteiger partial charge is 0.244 e. The Morgan fingerprint density at radius 1 is 1.39 bits per heavy atom. The number of nitrogens with one attached hydrogen (secondary N) is 1. The maximum atomic E-state index is 12.2. The molecule has 2 rings (SSSR count). The summed E-state index contributed by atoms with van der Waals surface area (Å²) in [5.74, 6) is -0.136. The minimum absolute atomic E-state index is 0.136. The van der Waals surface area contributed by atoms with E-state index >= 15 is 0 Å². The molecule has 5 heteroatoms. The number of nitrogens with two attached hydrogens (primary N) is 1. The molecule has 4 nitrogen and oxygen atoms in total. The summed E-state index contributed by atoms with van der Waals surface area (Å²) in [6.45, 7) is 3.07. The third kappa shape index (κ3) is 3.10.